The third-order valence-corrected chi connectivity index (χ3v) is 5.67. The molecule has 0 aromatic carbocycles. The molecule has 96 valence electrons. The summed E-state index contributed by atoms with van der Waals surface area (Å²) in [5, 5.41) is 8.79. The van der Waals surface area contributed by atoms with Crippen LogP contribution in [0.3, 0.4) is 0 Å². The predicted molar refractivity (Wildman–Crippen MR) is 64.7 cm³/mol. The fraction of sp³-hybridized carbons (Fsp3) is 0.600. The van der Waals surface area contributed by atoms with Gasteiger partial charge >= 0.3 is 0 Å². The Labute approximate surface area is 104 Å². The van der Waals surface area contributed by atoms with E-state index in [4.69, 9.17) is 9.84 Å². The molecule has 2 rings (SSSR count). The molecule has 0 bridgehead atoms. The van der Waals surface area contributed by atoms with E-state index >= 15 is 0 Å². The molecule has 1 aromatic heterocycles. The summed E-state index contributed by atoms with van der Waals surface area (Å²) >= 11 is 1.20. The summed E-state index contributed by atoms with van der Waals surface area (Å²) in [7, 11) is -3.43. The maximum atomic E-state index is 12.0. The number of hydrogen-bond acceptors (Lipinski definition) is 5. The van der Waals surface area contributed by atoms with Crippen molar-refractivity contribution in [1.82, 2.24) is 4.72 Å². The van der Waals surface area contributed by atoms with Gasteiger partial charge in [0.25, 0.3) is 0 Å². The van der Waals surface area contributed by atoms with Gasteiger partial charge < -0.3 is 9.84 Å². The molecule has 0 amide bonds. The van der Waals surface area contributed by atoms with Gasteiger partial charge in [-0.1, -0.05) is 0 Å². The summed E-state index contributed by atoms with van der Waals surface area (Å²) in [6.45, 7) is 1.07. The van der Waals surface area contributed by atoms with Crippen LogP contribution in [-0.2, 0) is 21.2 Å². The molecule has 1 saturated heterocycles. The molecule has 1 aliphatic rings. The zero-order valence-corrected chi connectivity index (χ0v) is 10.9. The van der Waals surface area contributed by atoms with Crippen LogP contribution in [0.4, 0.5) is 0 Å². The molecule has 17 heavy (non-hydrogen) atoms. The number of aliphatic hydroxyl groups is 1. The van der Waals surface area contributed by atoms with Gasteiger partial charge in [0.2, 0.25) is 10.0 Å². The highest BCUT2D eigenvalue weighted by Crippen LogP contribution is 2.22. The molecule has 1 aromatic rings. The first-order valence-electron chi connectivity index (χ1n) is 5.41. The highest BCUT2D eigenvalue weighted by Gasteiger charge is 2.24. The fourth-order valence-corrected chi connectivity index (χ4v) is 4.27. The predicted octanol–water partition coefficient (Wildman–Crippen LogP) is 0.350. The Hall–Kier alpha value is -0.470. The van der Waals surface area contributed by atoms with E-state index in [2.05, 4.69) is 4.72 Å². The Morgan fingerprint density at radius 1 is 1.53 bits per heavy atom. The second kappa shape index (κ2) is 5.45. The van der Waals surface area contributed by atoms with Crippen LogP contribution in [0, 0.1) is 0 Å². The van der Waals surface area contributed by atoms with Gasteiger partial charge in [0.05, 0.1) is 6.61 Å². The van der Waals surface area contributed by atoms with Crippen LogP contribution in [0.2, 0.25) is 0 Å². The monoisotopic (exact) mass is 277 g/mol. The fourth-order valence-electron chi connectivity index (χ4n) is 1.65. The summed E-state index contributed by atoms with van der Waals surface area (Å²) in [6, 6.07) is 3.19. The Morgan fingerprint density at radius 2 is 2.35 bits per heavy atom. The minimum atomic E-state index is -3.43. The molecule has 1 fully saturated rings. The van der Waals surface area contributed by atoms with Gasteiger partial charge in [-0.05, 0) is 18.6 Å². The van der Waals surface area contributed by atoms with Crippen molar-refractivity contribution in [3.05, 3.63) is 17.0 Å². The summed E-state index contributed by atoms with van der Waals surface area (Å²) in [5.41, 5.74) is 0. The highest BCUT2D eigenvalue weighted by atomic mass is 32.2. The zero-order chi connectivity index (χ0) is 12.3. The van der Waals surface area contributed by atoms with Gasteiger partial charge in [-0.25, -0.2) is 13.1 Å². The van der Waals surface area contributed by atoms with E-state index in [9.17, 15) is 8.42 Å². The van der Waals surface area contributed by atoms with Crippen LogP contribution < -0.4 is 4.72 Å². The maximum Gasteiger partial charge on any atom is 0.250 e. The number of thiophene rings is 1. The first-order chi connectivity index (χ1) is 8.12. The average Bonchev–Trinajstić information content (AvgIpc) is 2.88. The Morgan fingerprint density at radius 3 is 3.00 bits per heavy atom. The molecule has 5 nitrogen and oxygen atoms in total. The second-order valence-corrected chi connectivity index (χ2v) is 6.99. The van der Waals surface area contributed by atoms with E-state index in [1.807, 2.05) is 0 Å². The lowest BCUT2D eigenvalue weighted by Crippen LogP contribution is -2.34. The summed E-state index contributed by atoms with van der Waals surface area (Å²) in [6.07, 6.45) is 1.21. The lowest BCUT2D eigenvalue weighted by Gasteiger charge is -2.09. The maximum absolute atomic E-state index is 12.0. The molecule has 2 heterocycles. The van der Waals surface area contributed by atoms with Gasteiger partial charge in [0, 0.05) is 30.6 Å². The third kappa shape index (κ3) is 3.26. The molecule has 0 aliphatic carbocycles. The van der Waals surface area contributed by atoms with E-state index in [-0.39, 0.29) is 12.6 Å². The quantitative estimate of drug-likeness (QED) is 0.814. The van der Waals surface area contributed by atoms with Crippen LogP contribution >= 0.6 is 11.3 Å². The first-order valence-corrected chi connectivity index (χ1v) is 7.71. The van der Waals surface area contributed by atoms with Gasteiger partial charge in [0.15, 0.2) is 0 Å². The third-order valence-electron chi connectivity index (χ3n) is 2.51. The standard InChI is InChI=1S/C10H15NO4S2/c12-5-3-9-1-2-10(16-9)17(13,14)11-8-4-6-15-7-8/h1-2,8,11-12H,3-7H2. The Bertz CT molecular complexity index is 462. The van der Waals surface area contributed by atoms with Gasteiger partial charge in [-0.3, -0.25) is 0 Å². The summed E-state index contributed by atoms with van der Waals surface area (Å²) in [4.78, 5) is 0.871. The normalized spacial score (nSPS) is 20.9. The molecule has 7 heteroatoms. The number of rotatable bonds is 5. The van der Waals surface area contributed by atoms with Crippen molar-refractivity contribution >= 4 is 21.4 Å². The highest BCUT2D eigenvalue weighted by molar-refractivity contribution is 7.91. The first kappa shape index (κ1) is 13.0. The van der Waals surface area contributed by atoms with Crippen molar-refractivity contribution in [1.29, 1.82) is 0 Å². The van der Waals surface area contributed by atoms with Crippen molar-refractivity contribution in [2.75, 3.05) is 19.8 Å². The lowest BCUT2D eigenvalue weighted by molar-refractivity contribution is 0.192. The number of hydrogen-bond donors (Lipinski definition) is 2. The minimum absolute atomic E-state index is 0.0316. The molecule has 1 aliphatic heterocycles. The largest absolute Gasteiger partial charge is 0.396 e. The van der Waals surface area contributed by atoms with Gasteiger partial charge in [-0.15, -0.1) is 11.3 Å². The van der Waals surface area contributed by atoms with Crippen molar-refractivity contribution in [3.63, 3.8) is 0 Å². The van der Waals surface area contributed by atoms with E-state index < -0.39 is 10.0 Å². The van der Waals surface area contributed by atoms with Gasteiger partial charge in [0.1, 0.15) is 4.21 Å². The zero-order valence-electron chi connectivity index (χ0n) is 9.26. The van der Waals surface area contributed by atoms with E-state index in [1.54, 1.807) is 12.1 Å². The van der Waals surface area contributed by atoms with E-state index in [0.29, 0.717) is 30.3 Å². The topological polar surface area (TPSA) is 75.6 Å². The Balaban J connectivity index is 2.07. The van der Waals surface area contributed by atoms with Crippen LogP contribution in [0.1, 0.15) is 11.3 Å². The molecular weight excluding hydrogens is 262 g/mol. The second-order valence-electron chi connectivity index (χ2n) is 3.88. The van der Waals surface area contributed by atoms with Crippen molar-refractivity contribution in [2.45, 2.75) is 23.1 Å². The SMILES string of the molecule is O=S(=O)(NC1CCOC1)c1ccc(CCO)s1. The molecule has 0 spiro atoms. The van der Waals surface area contributed by atoms with Crippen molar-refractivity contribution < 1.29 is 18.3 Å². The molecule has 0 radical (unpaired) electrons. The van der Waals surface area contributed by atoms with Crippen molar-refractivity contribution in [3.8, 4) is 0 Å². The number of sulfonamides is 1. The molecular formula is C10H15NO4S2. The number of nitrogens with one attached hydrogen (secondary N) is 1. The smallest absolute Gasteiger partial charge is 0.250 e. The minimum Gasteiger partial charge on any atom is -0.396 e. The van der Waals surface area contributed by atoms with Crippen LogP contribution in [0.25, 0.3) is 0 Å². The van der Waals surface area contributed by atoms with Crippen LogP contribution in [-0.4, -0.2) is 39.4 Å². The average molecular weight is 277 g/mol. The summed E-state index contributed by atoms with van der Waals surface area (Å²) < 4.78 is 32.0. The summed E-state index contributed by atoms with van der Waals surface area (Å²) in [5.74, 6) is 0. The van der Waals surface area contributed by atoms with Gasteiger partial charge in [-0.2, -0.15) is 0 Å². The lowest BCUT2D eigenvalue weighted by atomic mass is 10.3. The number of ether oxygens (including phenoxy) is 1. The van der Waals surface area contributed by atoms with E-state index in [0.717, 1.165) is 4.88 Å². The molecule has 1 unspecified atom stereocenters. The Kier molecular flexibility index (Phi) is 4.16. The molecule has 0 saturated carbocycles. The van der Waals surface area contributed by atoms with Crippen molar-refractivity contribution in [2.24, 2.45) is 0 Å². The van der Waals surface area contributed by atoms with E-state index in [1.165, 1.54) is 11.3 Å². The molecule has 1 atom stereocenters. The van der Waals surface area contributed by atoms with Crippen LogP contribution in [0.15, 0.2) is 16.3 Å². The van der Waals surface area contributed by atoms with Crippen LogP contribution in [0.5, 0.6) is 0 Å². The number of aliphatic hydroxyl groups excluding tert-OH is 1. The molecule has 2 N–H and O–H groups in total.